The molecule has 0 atom stereocenters. The van der Waals surface area contributed by atoms with Crippen LogP contribution in [0.4, 0.5) is 0 Å². The minimum atomic E-state index is 0.328. The van der Waals surface area contributed by atoms with E-state index in [9.17, 15) is 0 Å². The SMILES string of the molecule is Cc1noc(CN2CC(N)C2)n1. The first kappa shape index (κ1) is 7.70. The molecule has 0 aliphatic carbocycles. The van der Waals surface area contributed by atoms with Crippen LogP contribution in [0.3, 0.4) is 0 Å². The largest absolute Gasteiger partial charge is 0.338 e. The fraction of sp³-hybridized carbons (Fsp3) is 0.714. The first-order valence-corrected chi connectivity index (χ1v) is 4.01. The summed E-state index contributed by atoms with van der Waals surface area (Å²) in [5.74, 6) is 1.37. The summed E-state index contributed by atoms with van der Waals surface area (Å²) in [6, 6.07) is 0.328. The summed E-state index contributed by atoms with van der Waals surface area (Å²) < 4.78 is 4.96. The summed E-state index contributed by atoms with van der Waals surface area (Å²) in [5, 5.41) is 3.70. The summed E-state index contributed by atoms with van der Waals surface area (Å²) >= 11 is 0. The maximum absolute atomic E-state index is 5.62. The summed E-state index contributed by atoms with van der Waals surface area (Å²) in [4.78, 5) is 6.28. The minimum Gasteiger partial charge on any atom is -0.338 e. The maximum Gasteiger partial charge on any atom is 0.240 e. The van der Waals surface area contributed by atoms with Crippen LogP contribution in [0.1, 0.15) is 11.7 Å². The summed E-state index contributed by atoms with van der Waals surface area (Å²) in [6.07, 6.45) is 0. The number of nitrogens with two attached hydrogens (primary N) is 1. The summed E-state index contributed by atoms with van der Waals surface area (Å²) in [5.41, 5.74) is 5.62. The number of aryl methyl sites for hydroxylation is 1. The molecule has 1 aliphatic rings. The van der Waals surface area contributed by atoms with Gasteiger partial charge < -0.3 is 10.3 Å². The average Bonchev–Trinajstić information content (AvgIpc) is 2.33. The van der Waals surface area contributed by atoms with Crippen LogP contribution in [-0.2, 0) is 6.54 Å². The Morgan fingerprint density at radius 3 is 2.92 bits per heavy atom. The van der Waals surface area contributed by atoms with Crippen molar-refractivity contribution in [3.8, 4) is 0 Å². The van der Waals surface area contributed by atoms with Gasteiger partial charge in [0.05, 0.1) is 6.54 Å². The van der Waals surface area contributed by atoms with Crippen LogP contribution < -0.4 is 5.73 Å². The Morgan fingerprint density at radius 2 is 2.42 bits per heavy atom. The molecule has 0 aromatic carbocycles. The molecular formula is C7H12N4O. The van der Waals surface area contributed by atoms with E-state index in [0.29, 0.717) is 17.8 Å². The van der Waals surface area contributed by atoms with Crippen molar-refractivity contribution in [3.05, 3.63) is 11.7 Å². The molecule has 2 N–H and O–H groups in total. The molecule has 0 radical (unpaired) electrons. The van der Waals surface area contributed by atoms with E-state index in [-0.39, 0.29) is 0 Å². The van der Waals surface area contributed by atoms with Crippen molar-refractivity contribution < 1.29 is 4.52 Å². The van der Waals surface area contributed by atoms with Gasteiger partial charge in [0, 0.05) is 19.1 Å². The van der Waals surface area contributed by atoms with Crippen LogP contribution in [0.15, 0.2) is 4.52 Å². The fourth-order valence-corrected chi connectivity index (χ4v) is 1.33. The van der Waals surface area contributed by atoms with Crippen LogP contribution in [0, 0.1) is 6.92 Å². The number of likely N-dealkylation sites (tertiary alicyclic amines) is 1. The quantitative estimate of drug-likeness (QED) is 0.646. The van der Waals surface area contributed by atoms with E-state index in [1.807, 2.05) is 6.92 Å². The third-order valence-electron chi connectivity index (χ3n) is 1.91. The van der Waals surface area contributed by atoms with E-state index in [2.05, 4.69) is 15.0 Å². The van der Waals surface area contributed by atoms with Gasteiger partial charge in [0.15, 0.2) is 5.82 Å². The zero-order valence-electron chi connectivity index (χ0n) is 7.03. The van der Waals surface area contributed by atoms with Crippen molar-refractivity contribution in [2.45, 2.75) is 19.5 Å². The molecule has 2 heterocycles. The lowest BCUT2D eigenvalue weighted by molar-refractivity contribution is 0.125. The Kier molecular flexibility index (Phi) is 1.82. The van der Waals surface area contributed by atoms with Crippen molar-refractivity contribution in [1.29, 1.82) is 0 Å². The molecule has 1 aromatic rings. The Morgan fingerprint density at radius 1 is 1.67 bits per heavy atom. The standard InChI is InChI=1S/C7H12N4O/c1-5-9-7(12-10-5)4-11-2-6(8)3-11/h6H,2-4,8H2,1H3. The second-order valence-electron chi connectivity index (χ2n) is 3.19. The minimum absolute atomic E-state index is 0.328. The van der Waals surface area contributed by atoms with Gasteiger partial charge in [-0.1, -0.05) is 5.16 Å². The second kappa shape index (κ2) is 2.84. The molecule has 5 heteroatoms. The van der Waals surface area contributed by atoms with Crippen LogP contribution in [0.5, 0.6) is 0 Å². The van der Waals surface area contributed by atoms with E-state index in [0.717, 1.165) is 19.6 Å². The lowest BCUT2D eigenvalue weighted by Crippen LogP contribution is -2.54. The van der Waals surface area contributed by atoms with Crippen LogP contribution in [0.25, 0.3) is 0 Å². The highest BCUT2D eigenvalue weighted by molar-refractivity contribution is 4.88. The Labute approximate surface area is 70.5 Å². The number of hydrogen-bond donors (Lipinski definition) is 1. The van der Waals surface area contributed by atoms with Gasteiger partial charge in [0.2, 0.25) is 5.89 Å². The van der Waals surface area contributed by atoms with Crippen LogP contribution >= 0.6 is 0 Å². The molecule has 1 saturated heterocycles. The van der Waals surface area contributed by atoms with E-state index < -0.39 is 0 Å². The predicted molar refractivity (Wildman–Crippen MR) is 42.3 cm³/mol. The normalized spacial score (nSPS) is 19.5. The topological polar surface area (TPSA) is 68.2 Å². The van der Waals surface area contributed by atoms with Crippen molar-refractivity contribution in [2.24, 2.45) is 5.73 Å². The predicted octanol–water partition coefficient (Wildman–Crippen LogP) is -0.479. The molecule has 5 nitrogen and oxygen atoms in total. The van der Waals surface area contributed by atoms with Gasteiger partial charge in [-0.15, -0.1) is 0 Å². The van der Waals surface area contributed by atoms with Gasteiger partial charge in [-0.2, -0.15) is 4.98 Å². The summed E-state index contributed by atoms with van der Waals surface area (Å²) in [6.45, 7) is 4.41. The average molecular weight is 168 g/mol. The van der Waals surface area contributed by atoms with Crippen molar-refractivity contribution in [3.63, 3.8) is 0 Å². The molecule has 0 unspecified atom stereocenters. The van der Waals surface area contributed by atoms with Gasteiger partial charge in [0.1, 0.15) is 0 Å². The number of nitrogens with zero attached hydrogens (tertiary/aromatic N) is 3. The fourth-order valence-electron chi connectivity index (χ4n) is 1.33. The third-order valence-corrected chi connectivity index (χ3v) is 1.91. The van der Waals surface area contributed by atoms with Gasteiger partial charge in [-0.25, -0.2) is 0 Å². The van der Waals surface area contributed by atoms with Gasteiger partial charge >= 0.3 is 0 Å². The smallest absolute Gasteiger partial charge is 0.240 e. The Hall–Kier alpha value is -0.940. The van der Waals surface area contributed by atoms with E-state index in [1.165, 1.54) is 0 Å². The number of aromatic nitrogens is 2. The monoisotopic (exact) mass is 168 g/mol. The highest BCUT2D eigenvalue weighted by Crippen LogP contribution is 2.09. The molecular weight excluding hydrogens is 156 g/mol. The van der Waals surface area contributed by atoms with Crippen molar-refractivity contribution >= 4 is 0 Å². The van der Waals surface area contributed by atoms with Crippen LogP contribution in [-0.4, -0.2) is 34.2 Å². The maximum atomic E-state index is 5.62. The van der Waals surface area contributed by atoms with E-state index in [4.69, 9.17) is 10.3 Å². The number of hydrogen-bond acceptors (Lipinski definition) is 5. The van der Waals surface area contributed by atoms with Crippen molar-refractivity contribution in [2.75, 3.05) is 13.1 Å². The lowest BCUT2D eigenvalue weighted by Gasteiger charge is -2.35. The summed E-state index contributed by atoms with van der Waals surface area (Å²) in [7, 11) is 0. The molecule has 1 fully saturated rings. The Bertz CT molecular complexity index is 266. The van der Waals surface area contributed by atoms with E-state index >= 15 is 0 Å². The third kappa shape index (κ3) is 1.46. The molecule has 12 heavy (non-hydrogen) atoms. The first-order valence-electron chi connectivity index (χ1n) is 4.01. The molecule has 1 aliphatic heterocycles. The Balaban J connectivity index is 1.88. The van der Waals surface area contributed by atoms with E-state index in [1.54, 1.807) is 0 Å². The van der Waals surface area contributed by atoms with Crippen molar-refractivity contribution in [1.82, 2.24) is 15.0 Å². The highest BCUT2D eigenvalue weighted by atomic mass is 16.5. The molecule has 0 amide bonds. The van der Waals surface area contributed by atoms with Gasteiger partial charge in [-0.05, 0) is 6.92 Å². The highest BCUT2D eigenvalue weighted by Gasteiger charge is 2.24. The van der Waals surface area contributed by atoms with Crippen LogP contribution in [0.2, 0.25) is 0 Å². The zero-order chi connectivity index (χ0) is 8.55. The number of rotatable bonds is 2. The molecule has 0 bridgehead atoms. The van der Waals surface area contributed by atoms with Gasteiger partial charge in [0.25, 0.3) is 0 Å². The van der Waals surface area contributed by atoms with Gasteiger partial charge in [-0.3, -0.25) is 4.90 Å². The molecule has 66 valence electrons. The molecule has 2 rings (SSSR count). The zero-order valence-corrected chi connectivity index (χ0v) is 7.03. The molecule has 1 aromatic heterocycles. The molecule has 0 saturated carbocycles. The lowest BCUT2D eigenvalue weighted by atomic mass is 10.1. The molecule has 0 spiro atoms. The second-order valence-corrected chi connectivity index (χ2v) is 3.19. The first-order chi connectivity index (χ1) is 5.74.